The molecule has 84 valence electrons. The van der Waals surface area contributed by atoms with Crippen molar-refractivity contribution < 1.29 is 0 Å². The van der Waals surface area contributed by atoms with Gasteiger partial charge in [-0.1, -0.05) is 6.92 Å². The molecule has 1 unspecified atom stereocenters. The number of nitrogens with one attached hydrogen (secondary N) is 1. The van der Waals surface area contributed by atoms with Crippen molar-refractivity contribution in [3.63, 3.8) is 0 Å². The first-order chi connectivity index (χ1) is 7.22. The van der Waals surface area contributed by atoms with Crippen molar-refractivity contribution in [2.45, 2.75) is 31.3 Å². The van der Waals surface area contributed by atoms with E-state index < -0.39 is 0 Å². The standard InChI is InChI=1S/C11H17BrN2S/c1-3-13-9(2)6-7-15-11-5-4-10(12)8-14-11/h4-5,8-9,13H,3,6-7H2,1-2H3. The van der Waals surface area contributed by atoms with Gasteiger partial charge in [0, 0.05) is 22.5 Å². The van der Waals surface area contributed by atoms with Crippen molar-refractivity contribution in [2.24, 2.45) is 0 Å². The van der Waals surface area contributed by atoms with Crippen LogP contribution in [0, 0.1) is 0 Å². The molecule has 0 aromatic carbocycles. The lowest BCUT2D eigenvalue weighted by Gasteiger charge is -2.10. The van der Waals surface area contributed by atoms with E-state index in [1.807, 2.05) is 30.1 Å². The van der Waals surface area contributed by atoms with Crippen molar-refractivity contribution in [3.05, 3.63) is 22.8 Å². The average molecular weight is 289 g/mol. The summed E-state index contributed by atoms with van der Waals surface area (Å²) in [4.78, 5) is 4.32. The van der Waals surface area contributed by atoms with Crippen LogP contribution in [0.2, 0.25) is 0 Å². The van der Waals surface area contributed by atoms with Gasteiger partial charge in [-0.15, -0.1) is 11.8 Å². The zero-order valence-electron chi connectivity index (χ0n) is 9.16. The topological polar surface area (TPSA) is 24.9 Å². The first-order valence-corrected chi connectivity index (χ1v) is 6.98. The van der Waals surface area contributed by atoms with E-state index in [0.29, 0.717) is 6.04 Å². The zero-order valence-corrected chi connectivity index (χ0v) is 11.6. The van der Waals surface area contributed by atoms with Crippen molar-refractivity contribution >= 4 is 27.7 Å². The fourth-order valence-electron chi connectivity index (χ4n) is 1.24. The summed E-state index contributed by atoms with van der Waals surface area (Å²) in [7, 11) is 0. The molecule has 1 N–H and O–H groups in total. The number of pyridine rings is 1. The number of halogens is 1. The van der Waals surface area contributed by atoms with Gasteiger partial charge in [-0.3, -0.25) is 0 Å². The molecule has 0 radical (unpaired) electrons. The molecule has 0 saturated heterocycles. The Morgan fingerprint density at radius 1 is 1.53 bits per heavy atom. The maximum atomic E-state index is 4.32. The number of thioether (sulfide) groups is 1. The minimum atomic E-state index is 0.595. The van der Waals surface area contributed by atoms with Gasteiger partial charge < -0.3 is 5.32 Å². The van der Waals surface area contributed by atoms with Gasteiger partial charge in [-0.2, -0.15) is 0 Å². The van der Waals surface area contributed by atoms with E-state index in [2.05, 4.69) is 40.1 Å². The van der Waals surface area contributed by atoms with E-state index in [9.17, 15) is 0 Å². The molecule has 1 aromatic rings. The number of hydrogen-bond acceptors (Lipinski definition) is 3. The van der Waals surface area contributed by atoms with Gasteiger partial charge in [0.25, 0.3) is 0 Å². The van der Waals surface area contributed by atoms with Gasteiger partial charge in [0.05, 0.1) is 5.03 Å². The number of aromatic nitrogens is 1. The van der Waals surface area contributed by atoms with Gasteiger partial charge in [0.2, 0.25) is 0 Å². The van der Waals surface area contributed by atoms with Crippen LogP contribution in [0.4, 0.5) is 0 Å². The van der Waals surface area contributed by atoms with Crippen LogP contribution < -0.4 is 5.32 Å². The Balaban J connectivity index is 2.22. The normalized spacial score (nSPS) is 12.7. The summed E-state index contributed by atoms with van der Waals surface area (Å²) < 4.78 is 1.04. The van der Waals surface area contributed by atoms with Crippen LogP contribution in [0.1, 0.15) is 20.3 Å². The summed E-state index contributed by atoms with van der Waals surface area (Å²) in [5.74, 6) is 1.11. The Labute approximate surface area is 104 Å². The molecule has 1 aromatic heterocycles. The molecular weight excluding hydrogens is 272 g/mol. The van der Waals surface area contributed by atoms with Crippen molar-refractivity contribution in [2.75, 3.05) is 12.3 Å². The second-order valence-corrected chi connectivity index (χ2v) is 5.44. The molecule has 1 rings (SSSR count). The third-order valence-electron chi connectivity index (χ3n) is 2.05. The van der Waals surface area contributed by atoms with E-state index in [0.717, 1.165) is 21.8 Å². The molecule has 0 fully saturated rings. The van der Waals surface area contributed by atoms with Crippen LogP contribution >= 0.6 is 27.7 Å². The molecule has 0 bridgehead atoms. The highest BCUT2D eigenvalue weighted by molar-refractivity contribution is 9.10. The summed E-state index contributed by atoms with van der Waals surface area (Å²) in [6.45, 7) is 5.40. The van der Waals surface area contributed by atoms with Gasteiger partial charge >= 0.3 is 0 Å². The summed E-state index contributed by atoms with van der Waals surface area (Å²) in [5.41, 5.74) is 0. The number of nitrogens with zero attached hydrogens (tertiary/aromatic N) is 1. The number of hydrogen-bond donors (Lipinski definition) is 1. The molecule has 4 heteroatoms. The van der Waals surface area contributed by atoms with Gasteiger partial charge in [-0.05, 0) is 48.0 Å². The summed E-state index contributed by atoms with van der Waals surface area (Å²) >= 11 is 5.19. The van der Waals surface area contributed by atoms with Crippen LogP contribution in [-0.4, -0.2) is 23.3 Å². The first kappa shape index (κ1) is 13.0. The lowest BCUT2D eigenvalue weighted by atomic mass is 10.3. The van der Waals surface area contributed by atoms with E-state index >= 15 is 0 Å². The maximum Gasteiger partial charge on any atom is 0.0960 e. The largest absolute Gasteiger partial charge is 0.315 e. The Bertz CT molecular complexity index is 276. The predicted molar refractivity (Wildman–Crippen MR) is 70.4 cm³/mol. The second-order valence-electron chi connectivity index (χ2n) is 3.41. The monoisotopic (exact) mass is 288 g/mol. The molecule has 0 saturated carbocycles. The molecule has 0 aliphatic heterocycles. The van der Waals surface area contributed by atoms with E-state index in [1.54, 1.807) is 0 Å². The Morgan fingerprint density at radius 3 is 2.93 bits per heavy atom. The smallest absolute Gasteiger partial charge is 0.0960 e. The van der Waals surface area contributed by atoms with E-state index in [-0.39, 0.29) is 0 Å². The van der Waals surface area contributed by atoms with Crippen molar-refractivity contribution in [3.8, 4) is 0 Å². The molecule has 1 heterocycles. The van der Waals surface area contributed by atoms with Gasteiger partial charge in [-0.25, -0.2) is 4.98 Å². The first-order valence-electron chi connectivity index (χ1n) is 5.20. The van der Waals surface area contributed by atoms with Crippen LogP contribution in [0.5, 0.6) is 0 Å². The third kappa shape index (κ3) is 5.54. The lowest BCUT2D eigenvalue weighted by Crippen LogP contribution is -2.25. The Morgan fingerprint density at radius 2 is 2.33 bits per heavy atom. The minimum absolute atomic E-state index is 0.595. The highest BCUT2D eigenvalue weighted by atomic mass is 79.9. The Hall–Kier alpha value is -0.0600. The zero-order chi connectivity index (χ0) is 11.1. The van der Waals surface area contributed by atoms with Gasteiger partial charge in [0.1, 0.15) is 0 Å². The predicted octanol–water partition coefficient (Wildman–Crippen LogP) is 3.32. The average Bonchev–Trinajstić information content (AvgIpc) is 2.21. The maximum absolute atomic E-state index is 4.32. The molecule has 15 heavy (non-hydrogen) atoms. The van der Waals surface area contributed by atoms with Crippen molar-refractivity contribution in [1.82, 2.24) is 10.3 Å². The molecule has 0 amide bonds. The van der Waals surface area contributed by atoms with E-state index in [1.165, 1.54) is 6.42 Å². The van der Waals surface area contributed by atoms with Crippen LogP contribution in [0.3, 0.4) is 0 Å². The summed E-state index contributed by atoms with van der Waals surface area (Å²) in [5, 5.41) is 4.50. The minimum Gasteiger partial charge on any atom is -0.315 e. The van der Waals surface area contributed by atoms with Crippen LogP contribution in [0.15, 0.2) is 27.8 Å². The van der Waals surface area contributed by atoms with Crippen molar-refractivity contribution in [1.29, 1.82) is 0 Å². The molecule has 2 nitrogen and oxygen atoms in total. The number of rotatable bonds is 6. The molecule has 1 atom stereocenters. The molecule has 0 aliphatic carbocycles. The Kier molecular flexibility index (Phi) is 6.29. The fraction of sp³-hybridized carbons (Fsp3) is 0.545. The summed E-state index contributed by atoms with van der Waals surface area (Å²) in [6.07, 6.45) is 3.02. The highest BCUT2D eigenvalue weighted by Gasteiger charge is 2.00. The second kappa shape index (κ2) is 7.25. The highest BCUT2D eigenvalue weighted by Crippen LogP contribution is 2.18. The summed E-state index contributed by atoms with van der Waals surface area (Å²) in [6, 6.07) is 4.67. The van der Waals surface area contributed by atoms with E-state index in [4.69, 9.17) is 0 Å². The van der Waals surface area contributed by atoms with Gasteiger partial charge in [0.15, 0.2) is 0 Å². The van der Waals surface area contributed by atoms with Crippen LogP contribution in [0.25, 0.3) is 0 Å². The molecule has 0 spiro atoms. The molecule has 0 aliphatic rings. The lowest BCUT2D eigenvalue weighted by molar-refractivity contribution is 0.556. The fourth-order valence-corrected chi connectivity index (χ4v) is 2.45. The van der Waals surface area contributed by atoms with Crippen LogP contribution in [-0.2, 0) is 0 Å². The molecular formula is C11H17BrN2S. The third-order valence-corrected chi connectivity index (χ3v) is 3.50. The quantitative estimate of drug-likeness (QED) is 0.813. The SMILES string of the molecule is CCNC(C)CCSc1ccc(Br)cn1.